The lowest BCUT2D eigenvalue weighted by Gasteiger charge is -2.12. The second-order valence-corrected chi connectivity index (χ2v) is 5.47. The molecule has 4 heteroatoms. The van der Waals surface area contributed by atoms with Crippen molar-refractivity contribution < 1.29 is 0 Å². The molecule has 1 rings (SSSR count). The van der Waals surface area contributed by atoms with Crippen molar-refractivity contribution in [1.82, 2.24) is 9.78 Å². The van der Waals surface area contributed by atoms with E-state index >= 15 is 0 Å². The molecule has 0 aliphatic rings. The zero-order valence-electron chi connectivity index (χ0n) is 11.2. The predicted octanol–water partition coefficient (Wildman–Crippen LogP) is 3.21. The Morgan fingerprint density at radius 1 is 1.29 bits per heavy atom. The summed E-state index contributed by atoms with van der Waals surface area (Å²) in [6.45, 7) is 6.56. The van der Waals surface area contributed by atoms with Gasteiger partial charge in [-0.25, -0.2) is 0 Å². The Bertz CT molecular complexity index is 307. The molecule has 1 atom stereocenters. The maximum Gasteiger partial charge on any atom is 0.0723 e. The Hall–Kier alpha value is -0.480. The molecule has 1 heterocycles. The molecule has 0 radical (unpaired) electrons. The quantitative estimate of drug-likeness (QED) is 0.775. The normalized spacial score (nSPS) is 13.2. The number of nitrogens with two attached hydrogens (primary N) is 1. The van der Waals surface area contributed by atoms with Gasteiger partial charge in [0.15, 0.2) is 0 Å². The van der Waals surface area contributed by atoms with Crippen molar-refractivity contribution in [2.75, 3.05) is 5.75 Å². The number of rotatable bonds is 8. The van der Waals surface area contributed by atoms with Crippen LogP contribution >= 0.6 is 11.8 Å². The van der Waals surface area contributed by atoms with E-state index in [1.165, 1.54) is 5.69 Å². The van der Waals surface area contributed by atoms with Crippen LogP contribution in [-0.4, -0.2) is 21.6 Å². The predicted molar refractivity (Wildman–Crippen MR) is 76.3 cm³/mol. The molecule has 0 aliphatic carbocycles. The van der Waals surface area contributed by atoms with E-state index in [1.54, 1.807) is 0 Å². The van der Waals surface area contributed by atoms with Crippen molar-refractivity contribution >= 4 is 11.8 Å². The lowest BCUT2D eigenvalue weighted by Crippen LogP contribution is -2.21. The second-order valence-electron chi connectivity index (χ2n) is 4.44. The molecule has 0 saturated carbocycles. The fraction of sp³-hybridized carbons (Fsp3) is 0.769. The van der Waals surface area contributed by atoms with Gasteiger partial charge in [-0.05, 0) is 25.3 Å². The zero-order valence-corrected chi connectivity index (χ0v) is 12.0. The molecule has 3 nitrogen and oxygen atoms in total. The minimum Gasteiger partial charge on any atom is -0.327 e. The highest BCUT2D eigenvalue weighted by molar-refractivity contribution is 7.98. The second kappa shape index (κ2) is 7.77. The van der Waals surface area contributed by atoms with Crippen molar-refractivity contribution in [2.45, 2.75) is 57.9 Å². The summed E-state index contributed by atoms with van der Waals surface area (Å²) in [7, 11) is 0. The molecule has 1 aromatic rings. The van der Waals surface area contributed by atoms with E-state index in [4.69, 9.17) is 5.73 Å². The molecular formula is C13H25N3S. The molecule has 1 unspecified atom stereocenters. The third-order valence-electron chi connectivity index (χ3n) is 3.09. The van der Waals surface area contributed by atoms with Crippen LogP contribution in [-0.2, 0) is 5.75 Å². The zero-order chi connectivity index (χ0) is 12.7. The Balaban J connectivity index is 2.40. The summed E-state index contributed by atoms with van der Waals surface area (Å²) < 4.78 is 2.11. The van der Waals surface area contributed by atoms with Crippen molar-refractivity contribution in [2.24, 2.45) is 5.73 Å². The molecule has 0 aliphatic heterocycles. The number of thioether (sulfide) groups is 1. The molecule has 1 aromatic heterocycles. The number of nitrogens with zero attached hydrogens (tertiary/aromatic N) is 2. The fourth-order valence-electron chi connectivity index (χ4n) is 1.75. The maximum atomic E-state index is 5.89. The van der Waals surface area contributed by atoms with E-state index in [0.717, 1.165) is 30.8 Å². The van der Waals surface area contributed by atoms with Gasteiger partial charge in [-0.2, -0.15) is 16.9 Å². The van der Waals surface area contributed by atoms with E-state index in [9.17, 15) is 0 Å². The van der Waals surface area contributed by atoms with Crippen LogP contribution in [0.2, 0.25) is 0 Å². The smallest absolute Gasteiger partial charge is 0.0723 e. The van der Waals surface area contributed by atoms with E-state index < -0.39 is 0 Å². The average Bonchev–Trinajstić information content (AvgIpc) is 2.79. The van der Waals surface area contributed by atoms with Gasteiger partial charge < -0.3 is 5.73 Å². The fourth-order valence-corrected chi connectivity index (χ4v) is 2.77. The summed E-state index contributed by atoms with van der Waals surface area (Å²) in [6.07, 6.45) is 5.44. The third-order valence-corrected chi connectivity index (χ3v) is 4.25. The molecule has 0 bridgehead atoms. The Kier molecular flexibility index (Phi) is 6.66. The molecule has 2 N–H and O–H groups in total. The Morgan fingerprint density at radius 3 is 2.59 bits per heavy atom. The van der Waals surface area contributed by atoms with Gasteiger partial charge in [0.1, 0.15) is 0 Å². The molecule has 0 aromatic carbocycles. The van der Waals surface area contributed by atoms with Crippen LogP contribution in [0, 0.1) is 0 Å². The Labute approximate surface area is 109 Å². The molecule has 0 saturated heterocycles. The molecule has 0 spiro atoms. The van der Waals surface area contributed by atoms with Crippen molar-refractivity contribution in [3.05, 3.63) is 18.0 Å². The van der Waals surface area contributed by atoms with Gasteiger partial charge >= 0.3 is 0 Å². The molecule has 98 valence electrons. The SMILES string of the molecule is CCC(N)CSCc1ccn(C(CC)CC)n1. The van der Waals surface area contributed by atoms with E-state index in [2.05, 4.69) is 42.8 Å². The first-order valence-corrected chi connectivity index (χ1v) is 7.74. The van der Waals surface area contributed by atoms with E-state index in [-0.39, 0.29) is 0 Å². The van der Waals surface area contributed by atoms with Crippen LogP contribution in [0.5, 0.6) is 0 Å². The van der Waals surface area contributed by atoms with Crippen molar-refractivity contribution in [1.29, 1.82) is 0 Å². The van der Waals surface area contributed by atoms with Gasteiger partial charge in [0.2, 0.25) is 0 Å². The van der Waals surface area contributed by atoms with Crippen molar-refractivity contribution in [3.63, 3.8) is 0 Å². The van der Waals surface area contributed by atoms with E-state index in [0.29, 0.717) is 12.1 Å². The topological polar surface area (TPSA) is 43.8 Å². The summed E-state index contributed by atoms with van der Waals surface area (Å²) in [4.78, 5) is 0. The van der Waals surface area contributed by atoms with Gasteiger partial charge in [-0.1, -0.05) is 20.8 Å². The van der Waals surface area contributed by atoms with Gasteiger partial charge in [0.05, 0.1) is 11.7 Å². The first-order chi connectivity index (χ1) is 8.21. The first kappa shape index (κ1) is 14.6. The monoisotopic (exact) mass is 255 g/mol. The van der Waals surface area contributed by atoms with Crippen molar-refractivity contribution in [3.8, 4) is 0 Å². The Morgan fingerprint density at radius 2 is 2.00 bits per heavy atom. The highest BCUT2D eigenvalue weighted by Crippen LogP contribution is 2.17. The highest BCUT2D eigenvalue weighted by Gasteiger charge is 2.08. The van der Waals surface area contributed by atoms with Crippen LogP contribution < -0.4 is 5.73 Å². The van der Waals surface area contributed by atoms with Crippen LogP contribution in [0.15, 0.2) is 12.3 Å². The van der Waals surface area contributed by atoms with Crippen LogP contribution in [0.4, 0.5) is 0 Å². The van der Waals surface area contributed by atoms with Crippen LogP contribution in [0.3, 0.4) is 0 Å². The summed E-state index contributed by atoms with van der Waals surface area (Å²) in [5.74, 6) is 2.00. The standard InChI is InChI=1S/C13H25N3S/c1-4-11(14)9-17-10-12-7-8-16(15-12)13(5-2)6-3/h7-8,11,13H,4-6,9-10,14H2,1-3H3. The van der Waals surface area contributed by atoms with Crippen LogP contribution in [0.25, 0.3) is 0 Å². The minimum atomic E-state index is 0.320. The molecule has 0 fully saturated rings. The highest BCUT2D eigenvalue weighted by atomic mass is 32.2. The number of hydrogen-bond acceptors (Lipinski definition) is 3. The first-order valence-electron chi connectivity index (χ1n) is 6.58. The van der Waals surface area contributed by atoms with Gasteiger partial charge in [0, 0.05) is 23.7 Å². The third kappa shape index (κ3) is 4.72. The van der Waals surface area contributed by atoms with Crippen LogP contribution in [0.1, 0.15) is 51.8 Å². The van der Waals surface area contributed by atoms with Gasteiger partial charge in [-0.15, -0.1) is 0 Å². The maximum absolute atomic E-state index is 5.89. The minimum absolute atomic E-state index is 0.320. The average molecular weight is 255 g/mol. The number of hydrogen-bond donors (Lipinski definition) is 1. The van der Waals surface area contributed by atoms with Gasteiger partial charge in [-0.3, -0.25) is 4.68 Å². The summed E-state index contributed by atoms with van der Waals surface area (Å²) in [5, 5.41) is 4.63. The lowest BCUT2D eigenvalue weighted by atomic mass is 10.2. The summed E-state index contributed by atoms with van der Waals surface area (Å²) in [5.41, 5.74) is 7.06. The molecule has 17 heavy (non-hydrogen) atoms. The summed E-state index contributed by atoms with van der Waals surface area (Å²) >= 11 is 1.88. The lowest BCUT2D eigenvalue weighted by molar-refractivity contribution is 0.426. The van der Waals surface area contributed by atoms with E-state index in [1.807, 2.05) is 11.8 Å². The molecular weight excluding hydrogens is 230 g/mol. The van der Waals surface area contributed by atoms with Gasteiger partial charge in [0.25, 0.3) is 0 Å². The largest absolute Gasteiger partial charge is 0.327 e. The summed E-state index contributed by atoms with van der Waals surface area (Å²) in [6, 6.07) is 3.00. The number of aromatic nitrogens is 2. The molecule has 0 amide bonds.